The Labute approximate surface area is 320 Å². The minimum atomic E-state index is -0.120. The summed E-state index contributed by atoms with van der Waals surface area (Å²) in [6.45, 7) is 4.70. The fourth-order valence-corrected chi connectivity index (χ4v) is 9.13. The smallest absolute Gasteiger partial charge is 0.143 e. The zero-order chi connectivity index (χ0) is 36.7. The van der Waals surface area contributed by atoms with Crippen LogP contribution in [0.3, 0.4) is 0 Å². The Kier molecular flexibility index (Phi) is 6.93. The molecule has 0 N–H and O–H groups in total. The van der Waals surface area contributed by atoms with E-state index in [1.54, 1.807) is 0 Å². The SMILES string of the molecule is CC1(C)c2ccccc2-c2ccc(N(c3ccc(-c4cccc5ccccc45)cc3)c3ccc4oc5c6ccccc6c(-c6ccccc6)cc5c4c3)cc21. The van der Waals surface area contributed by atoms with Crippen LogP contribution in [0.5, 0.6) is 0 Å². The molecule has 1 heterocycles. The third-order valence-corrected chi connectivity index (χ3v) is 11.9. The highest BCUT2D eigenvalue weighted by Crippen LogP contribution is 2.51. The van der Waals surface area contributed by atoms with Gasteiger partial charge in [-0.1, -0.05) is 153 Å². The zero-order valence-electron chi connectivity index (χ0n) is 30.8. The van der Waals surface area contributed by atoms with Gasteiger partial charge in [0.2, 0.25) is 0 Å². The number of hydrogen-bond acceptors (Lipinski definition) is 2. The van der Waals surface area contributed by atoms with Crippen molar-refractivity contribution in [3.63, 3.8) is 0 Å². The molecule has 0 radical (unpaired) electrons. The minimum absolute atomic E-state index is 0.120. The number of benzene rings is 9. The molecule has 0 fully saturated rings. The van der Waals surface area contributed by atoms with Crippen LogP contribution in [0.25, 0.3) is 76.9 Å². The highest BCUT2D eigenvalue weighted by Gasteiger charge is 2.35. The standard InChI is InChI=1S/C53H37NO/c1-53(2)49-22-11-10-19-43(49)44-29-27-39(32-50(44)53)54(37-25-23-36(24-26-37)41-21-12-16-34-15-6-7-17-40(34)41)38-28-30-51-47(31-38)48-33-46(35-13-4-3-5-14-35)42-18-8-9-20-45(42)52(48)55-51/h3-33H,1-2H3. The van der Waals surface area contributed by atoms with Crippen molar-refractivity contribution in [2.45, 2.75) is 19.3 Å². The van der Waals surface area contributed by atoms with Gasteiger partial charge in [-0.05, 0) is 109 Å². The van der Waals surface area contributed by atoms with Gasteiger partial charge < -0.3 is 9.32 Å². The van der Waals surface area contributed by atoms with Gasteiger partial charge in [-0.2, -0.15) is 0 Å². The van der Waals surface area contributed by atoms with Gasteiger partial charge in [-0.25, -0.2) is 0 Å². The second-order valence-corrected chi connectivity index (χ2v) is 15.3. The lowest BCUT2D eigenvalue weighted by Crippen LogP contribution is -2.16. The second kappa shape index (κ2) is 12.1. The minimum Gasteiger partial charge on any atom is -0.455 e. The van der Waals surface area contributed by atoms with E-state index in [1.807, 2.05) is 0 Å². The van der Waals surface area contributed by atoms with E-state index in [0.717, 1.165) is 44.4 Å². The van der Waals surface area contributed by atoms with Crippen LogP contribution < -0.4 is 4.90 Å². The van der Waals surface area contributed by atoms with Crippen molar-refractivity contribution in [1.82, 2.24) is 0 Å². The van der Waals surface area contributed by atoms with Crippen molar-refractivity contribution in [2.24, 2.45) is 0 Å². The summed E-state index contributed by atoms with van der Waals surface area (Å²) >= 11 is 0. The summed E-state index contributed by atoms with van der Waals surface area (Å²) < 4.78 is 6.71. The lowest BCUT2D eigenvalue weighted by molar-refractivity contribution is 0.660. The number of nitrogens with zero attached hydrogens (tertiary/aromatic N) is 1. The first-order chi connectivity index (χ1) is 27.0. The number of furan rings is 1. The van der Waals surface area contributed by atoms with E-state index >= 15 is 0 Å². The molecule has 1 aliphatic rings. The zero-order valence-corrected chi connectivity index (χ0v) is 30.8. The fraction of sp³-hybridized carbons (Fsp3) is 0.0566. The Morgan fingerprint density at radius 2 is 1.00 bits per heavy atom. The summed E-state index contributed by atoms with van der Waals surface area (Å²) in [6, 6.07) is 68.4. The maximum atomic E-state index is 6.71. The van der Waals surface area contributed by atoms with Crippen molar-refractivity contribution in [3.8, 4) is 33.4 Å². The second-order valence-electron chi connectivity index (χ2n) is 15.3. The number of rotatable bonds is 5. The van der Waals surface area contributed by atoms with Crippen LogP contribution in [0, 0.1) is 0 Å². The van der Waals surface area contributed by atoms with Gasteiger partial charge >= 0.3 is 0 Å². The van der Waals surface area contributed by atoms with Crippen molar-refractivity contribution in [2.75, 3.05) is 4.90 Å². The van der Waals surface area contributed by atoms with Crippen molar-refractivity contribution in [1.29, 1.82) is 0 Å². The third kappa shape index (κ3) is 4.88. The molecule has 10 aromatic rings. The van der Waals surface area contributed by atoms with E-state index in [2.05, 4.69) is 207 Å². The molecule has 0 unspecified atom stereocenters. The van der Waals surface area contributed by atoms with E-state index in [0.29, 0.717) is 0 Å². The molecule has 0 saturated heterocycles. The predicted molar refractivity (Wildman–Crippen MR) is 232 cm³/mol. The summed E-state index contributed by atoms with van der Waals surface area (Å²) in [7, 11) is 0. The van der Waals surface area contributed by atoms with Crippen LogP contribution in [0.1, 0.15) is 25.0 Å². The Hall–Kier alpha value is -6.90. The average Bonchev–Trinajstić information content (AvgIpc) is 3.72. The first kappa shape index (κ1) is 31.6. The van der Waals surface area contributed by atoms with Crippen LogP contribution in [-0.2, 0) is 5.41 Å². The van der Waals surface area contributed by atoms with Gasteiger partial charge in [0.15, 0.2) is 0 Å². The Morgan fingerprint density at radius 3 is 1.85 bits per heavy atom. The largest absolute Gasteiger partial charge is 0.455 e. The number of anilines is 3. The maximum absolute atomic E-state index is 6.71. The maximum Gasteiger partial charge on any atom is 0.143 e. The average molecular weight is 704 g/mol. The third-order valence-electron chi connectivity index (χ3n) is 11.9. The van der Waals surface area contributed by atoms with Gasteiger partial charge in [0.05, 0.1) is 0 Å². The summed E-state index contributed by atoms with van der Waals surface area (Å²) in [5.41, 5.74) is 15.2. The quantitative estimate of drug-likeness (QED) is 0.177. The topological polar surface area (TPSA) is 16.4 Å². The van der Waals surface area contributed by atoms with Crippen LogP contribution in [0.2, 0.25) is 0 Å². The van der Waals surface area contributed by atoms with Gasteiger partial charge in [0, 0.05) is 38.6 Å². The van der Waals surface area contributed by atoms with Crippen molar-refractivity contribution >= 4 is 60.5 Å². The predicted octanol–water partition coefficient (Wildman–Crippen LogP) is 15.0. The van der Waals surface area contributed by atoms with Crippen LogP contribution >= 0.6 is 0 Å². The van der Waals surface area contributed by atoms with Crippen molar-refractivity contribution < 1.29 is 4.42 Å². The molecule has 9 aromatic carbocycles. The number of fused-ring (bicyclic) bond motifs is 9. The molecule has 0 bridgehead atoms. The Morgan fingerprint density at radius 1 is 0.382 bits per heavy atom. The number of hydrogen-bond donors (Lipinski definition) is 0. The molecule has 260 valence electrons. The first-order valence-electron chi connectivity index (χ1n) is 19.1. The highest BCUT2D eigenvalue weighted by atomic mass is 16.3. The summed E-state index contributed by atoms with van der Waals surface area (Å²) in [5.74, 6) is 0. The molecule has 0 aliphatic heterocycles. The molecule has 1 aromatic heterocycles. The first-order valence-corrected chi connectivity index (χ1v) is 19.1. The Bertz CT molecular complexity index is 3110. The van der Waals surface area contributed by atoms with Crippen LogP contribution in [-0.4, -0.2) is 0 Å². The van der Waals surface area contributed by atoms with E-state index in [1.165, 1.54) is 60.7 Å². The summed E-state index contributed by atoms with van der Waals surface area (Å²) in [4.78, 5) is 2.41. The van der Waals surface area contributed by atoms with Gasteiger partial charge in [0.25, 0.3) is 0 Å². The molecule has 11 rings (SSSR count). The molecular weight excluding hydrogens is 667 g/mol. The summed E-state index contributed by atoms with van der Waals surface area (Å²) in [5, 5.41) is 7.03. The van der Waals surface area contributed by atoms with Crippen LogP contribution in [0.15, 0.2) is 192 Å². The lowest BCUT2D eigenvalue weighted by atomic mass is 9.82. The van der Waals surface area contributed by atoms with E-state index in [9.17, 15) is 0 Å². The molecular formula is C53H37NO. The van der Waals surface area contributed by atoms with Gasteiger partial charge in [-0.3, -0.25) is 0 Å². The van der Waals surface area contributed by atoms with E-state index in [4.69, 9.17) is 4.42 Å². The molecule has 0 saturated carbocycles. The van der Waals surface area contributed by atoms with E-state index in [-0.39, 0.29) is 5.41 Å². The summed E-state index contributed by atoms with van der Waals surface area (Å²) in [6.07, 6.45) is 0. The molecule has 2 nitrogen and oxygen atoms in total. The van der Waals surface area contributed by atoms with Gasteiger partial charge in [-0.15, -0.1) is 0 Å². The molecule has 1 aliphatic carbocycles. The van der Waals surface area contributed by atoms with Crippen molar-refractivity contribution in [3.05, 3.63) is 199 Å². The molecule has 2 heteroatoms. The Balaban J connectivity index is 1.12. The van der Waals surface area contributed by atoms with Gasteiger partial charge in [0.1, 0.15) is 11.2 Å². The molecule has 0 spiro atoms. The highest BCUT2D eigenvalue weighted by molar-refractivity contribution is 6.19. The lowest BCUT2D eigenvalue weighted by Gasteiger charge is -2.28. The van der Waals surface area contributed by atoms with E-state index < -0.39 is 0 Å². The molecule has 0 atom stereocenters. The fourth-order valence-electron chi connectivity index (χ4n) is 9.13. The molecule has 0 amide bonds. The normalized spacial score (nSPS) is 13.1. The van der Waals surface area contributed by atoms with Crippen LogP contribution in [0.4, 0.5) is 17.1 Å². The monoisotopic (exact) mass is 703 g/mol. The molecule has 55 heavy (non-hydrogen) atoms.